The van der Waals surface area contributed by atoms with Crippen molar-refractivity contribution in [1.29, 1.82) is 5.26 Å². The average Bonchev–Trinajstić information content (AvgIpc) is 3.56. The second-order valence-corrected chi connectivity index (χ2v) is 8.14. The summed E-state index contributed by atoms with van der Waals surface area (Å²) in [4.78, 5) is 15.0. The van der Waals surface area contributed by atoms with Crippen molar-refractivity contribution in [1.82, 2.24) is 9.47 Å². The molecular formula is C24H28N4O4. The van der Waals surface area contributed by atoms with Gasteiger partial charge in [-0.05, 0) is 56.5 Å². The van der Waals surface area contributed by atoms with Gasteiger partial charge in [0.25, 0.3) is 0 Å². The molecule has 1 unspecified atom stereocenters. The molecule has 32 heavy (non-hydrogen) atoms. The van der Waals surface area contributed by atoms with Crippen LogP contribution in [0.1, 0.15) is 41.2 Å². The third kappa shape index (κ3) is 4.96. The summed E-state index contributed by atoms with van der Waals surface area (Å²) in [6.07, 6.45) is 5.33. The molecule has 0 aliphatic carbocycles. The minimum absolute atomic E-state index is 0.0945. The third-order valence-electron chi connectivity index (χ3n) is 5.90. The number of anilines is 1. The number of nitriles is 1. The van der Waals surface area contributed by atoms with Crippen molar-refractivity contribution in [2.75, 3.05) is 18.5 Å². The normalized spacial score (nSPS) is 15.9. The molecule has 8 heteroatoms. The van der Waals surface area contributed by atoms with E-state index in [1.165, 1.54) is 0 Å². The molecule has 1 fully saturated rings. The minimum Gasteiger partial charge on any atom is -0.468 e. The highest BCUT2D eigenvalue weighted by molar-refractivity contribution is 5.93. The number of carbonyl (C=O) groups excluding carboxylic acids is 1. The molecule has 1 N–H and O–H groups in total. The molecule has 0 aromatic carbocycles. The lowest BCUT2D eigenvalue weighted by atomic mass is 10.2. The summed E-state index contributed by atoms with van der Waals surface area (Å²) in [5.41, 5.74) is 2.34. The van der Waals surface area contributed by atoms with Crippen LogP contribution in [0.3, 0.4) is 0 Å². The zero-order chi connectivity index (χ0) is 22.5. The second kappa shape index (κ2) is 9.90. The van der Waals surface area contributed by atoms with E-state index in [4.69, 9.17) is 13.6 Å². The van der Waals surface area contributed by atoms with E-state index in [9.17, 15) is 10.1 Å². The van der Waals surface area contributed by atoms with Gasteiger partial charge in [-0.2, -0.15) is 5.26 Å². The van der Waals surface area contributed by atoms with Gasteiger partial charge in [0.1, 0.15) is 23.4 Å². The Balaban J connectivity index is 1.52. The van der Waals surface area contributed by atoms with E-state index in [1.807, 2.05) is 47.6 Å². The Kier molecular flexibility index (Phi) is 6.78. The van der Waals surface area contributed by atoms with E-state index < -0.39 is 0 Å². The van der Waals surface area contributed by atoms with Gasteiger partial charge in [0, 0.05) is 12.3 Å². The van der Waals surface area contributed by atoms with E-state index in [0.717, 1.165) is 42.2 Å². The molecule has 1 aliphatic heterocycles. The summed E-state index contributed by atoms with van der Waals surface area (Å²) in [5.74, 6) is 1.86. The molecule has 0 saturated carbocycles. The molecule has 0 radical (unpaired) electrons. The van der Waals surface area contributed by atoms with Crippen LogP contribution >= 0.6 is 0 Å². The van der Waals surface area contributed by atoms with Gasteiger partial charge in [0.2, 0.25) is 5.91 Å². The van der Waals surface area contributed by atoms with Crippen LogP contribution in [0.15, 0.2) is 45.6 Å². The molecule has 3 aromatic heterocycles. The molecule has 1 saturated heterocycles. The van der Waals surface area contributed by atoms with Crippen molar-refractivity contribution in [3.8, 4) is 6.07 Å². The zero-order valence-electron chi connectivity index (χ0n) is 18.5. The monoisotopic (exact) mass is 436 g/mol. The minimum atomic E-state index is -0.203. The number of rotatable bonds is 9. The SMILES string of the molecule is Cc1c(C#N)c(NC(=O)CN(Cc2ccco2)Cc2ccco2)n(CC2CCCO2)c1C. The number of hydrogen-bond acceptors (Lipinski definition) is 6. The first-order valence-corrected chi connectivity index (χ1v) is 10.8. The van der Waals surface area contributed by atoms with Gasteiger partial charge in [-0.15, -0.1) is 0 Å². The van der Waals surface area contributed by atoms with Crippen molar-refractivity contribution in [2.24, 2.45) is 0 Å². The van der Waals surface area contributed by atoms with Crippen LogP contribution in [0.5, 0.6) is 0 Å². The molecule has 3 aromatic rings. The fourth-order valence-electron chi connectivity index (χ4n) is 4.14. The van der Waals surface area contributed by atoms with E-state index in [-0.39, 0.29) is 18.6 Å². The Labute approximate surface area is 187 Å². The van der Waals surface area contributed by atoms with Gasteiger partial charge in [-0.3, -0.25) is 9.69 Å². The van der Waals surface area contributed by atoms with E-state index >= 15 is 0 Å². The number of nitrogens with zero attached hydrogens (tertiary/aromatic N) is 3. The number of hydrogen-bond donors (Lipinski definition) is 1. The van der Waals surface area contributed by atoms with Crippen molar-refractivity contribution >= 4 is 11.7 Å². The summed E-state index contributed by atoms with van der Waals surface area (Å²) in [6, 6.07) is 9.66. The molecule has 1 amide bonds. The van der Waals surface area contributed by atoms with Crippen molar-refractivity contribution in [3.05, 3.63) is 65.1 Å². The van der Waals surface area contributed by atoms with E-state index in [1.54, 1.807) is 12.5 Å². The van der Waals surface area contributed by atoms with Gasteiger partial charge < -0.3 is 23.5 Å². The number of amides is 1. The fraction of sp³-hybridized carbons (Fsp3) is 0.417. The number of ether oxygens (including phenoxy) is 1. The molecule has 0 spiro atoms. The van der Waals surface area contributed by atoms with E-state index in [0.29, 0.717) is 31.0 Å². The van der Waals surface area contributed by atoms with Crippen LogP contribution in [0.4, 0.5) is 5.82 Å². The predicted octanol–water partition coefficient (Wildman–Crippen LogP) is 3.98. The largest absolute Gasteiger partial charge is 0.468 e. The molecule has 1 atom stereocenters. The smallest absolute Gasteiger partial charge is 0.239 e. The van der Waals surface area contributed by atoms with Gasteiger partial charge in [-0.1, -0.05) is 0 Å². The first kappa shape index (κ1) is 21.9. The Bertz CT molecular complexity index is 1030. The standard InChI is InChI=1S/C24H28N4O4/c1-17-18(2)28(15-21-8-5-11-32-21)24(22(17)12-25)26-23(29)16-27(13-19-6-3-9-30-19)14-20-7-4-10-31-20/h3-4,6-7,9-10,21H,5,8,11,13-16H2,1-2H3,(H,26,29). The highest BCUT2D eigenvalue weighted by atomic mass is 16.5. The first-order chi connectivity index (χ1) is 15.5. The van der Waals surface area contributed by atoms with Gasteiger partial charge in [0.05, 0.1) is 50.4 Å². The van der Waals surface area contributed by atoms with Crippen LogP contribution in [0.25, 0.3) is 0 Å². The Morgan fingerprint density at radius 3 is 2.44 bits per heavy atom. The van der Waals surface area contributed by atoms with Gasteiger partial charge in [0.15, 0.2) is 0 Å². The highest BCUT2D eigenvalue weighted by Gasteiger charge is 2.24. The third-order valence-corrected chi connectivity index (χ3v) is 5.90. The van der Waals surface area contributed by atoms with Gasteiger partial charge >= 0.3 is 0 Å². The summed E-state index contributed by atoms with van der Waals surface area (Å²) in [5, 5.41) is 12.8. The summed E-state index contributed by atoms with van der Waals surface area (Å²) < 4.78 is 18.7. The van der Waals surface area contributed by atoms with Crippen LogP contribution in [0, 0.1) is 25.2 Å². The lowest BCUT2D eigenvalue weighted by Crippen LogP contribution is -2.33. The number of aromatic nitrogens is 1. The van der Waals surface area contributed by atoms with Crippen molar-refractivity contribution in [2.45, 2.75) is 52.4 Å². The number of furan rings is 2. The molecule has 8 nitrogen and oxygen atoms in total. The van der Waals surface area contributed by atoms with Gasteiger partial charge in [-0.25, -0.2) is 0 Å². The lowest BCUT2D eigenvalue weighted by molar-refractivity contribution is -0.117. The Morgan fingerprint density at radius 1 is 1.22 bits per heavy atom. The second-order valence-electron chi connectivity index (χ2n) is 8.14. The predicted molar refractivity (Wildman–Crippen MR) is 118 cm³/mol. The van der Waals surface area contributed by atoms with Crippen LogP contribution < -0.4 is 5.32 Å². The molecular weight excluding hydrogens is 408 g/mol. The highest BCUT2D eigenvalue weighted by Crippen LogP contribution is 2.28. The maximum Gasteiger partial charge on any atom is 0.239 e. The molecule has 0 bridgehead atoms. The van der Waals surface area contributed by atoms with E-state index in [2.05, 4.69) is 11.4 Å². The van der Waals surface area contributed by atoms with Crippen molar-refractivity contribution in [3.63, 3.8) is 0 Å². The molecule has 4 rings (SSSR count). The molecule has 4 heterocycles. The van der Waals surface area contributed by atoms with Crippen LogP contribution in [0.2, 0.25) is 0 Å². The fourth-order valence-corrected chi connectivity index (χ4v) is 4.14. The maximum absolute atomic E-state index is 13.1. The van der Waals surface area contributed by atoms with Crippen molar-refractivity contribution < 1.29 is 18.4 Å². The topological polar surface area (TPSA) is 96.6 Å². The van der Waals surface area contributed by atoms with Crippen LogP contribution in [-0.4, -0.2) is 34.6 Å². The quantitative estimate of drug-likeness (QED) is 0.545. The Morgan fingerprint density at radius 2 is 1.91 bits per heavy atom. The average molecular weight is 437 g/mol. The molecule has 1 aliphatic rings. The van der Waals surface area contributed by atoms with Crippen LogP contribution in [-0.2, 0) is 29.2 Å². The maximum atomic E-state index is 13.1. The lowest BCUT2D eigenvalue weighted by Gasteiger charge is -2.21. The number of nitrogens with one attached hydrogen (secondary N) is 1. The first-order valence-electron chi connectivity index (χ1n) is 10.8. The zero-order valence-corrected chi connectivity index (χ0v) is 18.5. The Hall–Kier alpha value is -3.28. The molecule has 168 valence electrons. The summed E-state index contributed by atoms with van der Waals surface area (Å²) in [7, 11) is 0. The number of carbonyl (C=O) groups is 1. The summed E-state index contributed by atoms with van der Waals surface area (Å²) >= 11 is 0. The summed E-state index contributed by atoms with van der Waals surface area (Å²) in [6.45, 7) is 6.30.